The minimum absolute atomic E-state index is 0.0300. The molecule has 0 fully saturated rings. The smallest absolute Gasteiger partial charge is 0.249 e. The van der Waals surface area contributed by atoms with E-state index in [1.165, 1.54) is 6.20 Å². The van der Waals surface area contributed by atoms with E-state index in [0.29, 0.717) is 9.26 Å². The van der Waals surface area contributed by atoms with Crippen LogP contribution in [0.15, 0.2) is 6.20 Å². The van der Waals surface area contributed by atoms with Gasteiger partial charge in [0.2, 0.25) is 0 Å². The Morgan fingerprint density at radius 3 is 2.71 bits per heavy atom. The fourth-order valence-electron chi connectivity index (χ4n) is 1.00. The van der Waals surface area contributed by atoms with Crippen LogP contribution in [0.1, 0.15) is 23.1 Å². The second-order valence-electron chi connectivity index (χ2n) is 2.41. The van der Waals surface area contributed by atoms with Crippen LogP contribution in [-0.2, 0) is 5.33 Å². The maximum Gasteiger partial charge on any atom is 0.265 e. The van der Waals surface area contributed by atoms with Crippen molar-refractivity contribution in [2.75, 3.05) is 0 Å². The number of rotatable bonds is 2. The molecule has 0 aliphatic heterocycles. The lowest BCUT2D eigenvalue weighted by Gasteiger charge is -2.08. The lowest BCUT2D eigenvalue weighted by atomic mass is 10.1. The first-order valence-corrected chi connectivity index (χ1v) is 5.73. The van der Waals surface area contributed by atoms with Gasteiger partial charge in [-0.15, -0.1) is 0 Å². The van der Waals surface area contributed by atoms with Crippen molar-refractivity contribution in [3.8, 4) is 6.07 Å². The van der Waals surface area contributed by atoms with Gasteiger partial charge in [-0.05, 0) is 28.2 Å². The van der Waals surface area contributed by atoms with E-state index < -0.39 is 6.43 Å². The molecule has 0 spiro atoms. The molecular weight excluding hydrogens is 369 g/mol. The first-order chi connectivity index (χ1) is 6.61. The molecule has 1 rings (SSSR count). The van der Waals surface area contributed by atoms with Crippen molar-refractivity contribution >= 4 is 38.5 Å². The Morgan fingerprint density at radius 1 is 1.64 bits per heavy atom. The minimum Gasteiger partial charge on any atom is -0.249 e. The zero-order chi connectivity index (χ0) is 10.7. The van der Waals surface area contributed by atoms with Crippen molar-refractivity contribution in [1.29, 1.82) is 5.26 Å². The largest absolute Gasteiger partial charge is 0.265 e. The second-order valence-corrected chi connectivity index (χ2v) is 3.99. The summed E-state index contributed by atoms with van der Waals surface area (Å²) < 4.78 is 25.6. The van der Waals surface area contributed by atoms with Gasteiger partial charge in [0.05, 0.1) is 5.56 Å². The van der Waals surface area contributed by atoms with Crippen LogP contribution in [0.25, 0.3) is 0 Å². The minimum atomic E-state index is -2.64. The Labute approximate surface area is 102 Å². The van der Waals surface area contributed by atoms with E-state index in [4.69, 9.17) is 5.26 Å². The number of halogens is 4. The van der Waals surface area contributed by atoms with Gasteiger partial charge in [-0.3, -0.25) is 0 Å². The van der Waals surface area contributed by atoms with Gasteiger partial charge in [-0.25, -0.2) is 13.8 Å². The van der Waals surface area contributed by atoms with Crippen LogP contribution in [0.4, 0.5) is 8.78 Å². The van der Waals surface area contributed by atoms with E-state index in [0.717, 1.165) is 0 Å². The average Bonchev–Trinajstić information content (AvgIpc) is 2.17. The van der Waals surface area contributed by atoms with Crippen LogP contribution in [0, 0.1) is 15.0 Å². The van der Waals surface area contributed by atoms with E-state index in [1.807, 2.05) is 0 Å². The number of alkyl halides is 3. The lowest BCUT2D eigenvalue weighted by Crippen LogP contribution is -2.01. The van der Waals surface area contributed by atoms with E-state index in [2.05, 4.69) is 20.9 Å². The molecule has 0 N–H and O–H groups in total. The summed E-state index contributed by atoms with van der Waals surface area (Å²) in [4.78, 5) is 3.86. The number of nitrogens with zero attached hydrogens (tertiary/aromatic N) is 2. The molecule has 74 valence electrons. The summed E-state index contributed by atoms with van der Waals surface area (Å²) in [7, 11) is 0. The quantitative estimate of drug-likeness (QED) is 0.453. The third-order valence-corrected chi connectivity index (χ3v) is 3.05. The predicted molar refractivity (Wildman–Crippen MR) is 59.3 cm³/mol. The van der Waals surface area contributed by atoms with Gasteiger partial charge < -0.3 is 0 Å². The Hall–Kier alpha value is -0.290. The monoisotopic (exact) mass is 372 g/mol. The Kier molecular flexibility index (Phi) is 4.19. The van der Waals surface area contributed by atoms with Crippen LogP contribution < -0.4 is 0 Å². The van der Waals surface area contributed by atoms with Crippen molar-refractivity contribution in [2.45, 2.75) is 11.8 Å². The predicted octanol–water partition coefficient (Wildman–Crippen LogP) is 3.39. The molecule has 0 unspecified atom stereocenters. The molecule has 0 amide bonds. The summed E-state index contributed by atoms with van der Waals surface area (Å²) in [6.45, 7) is 0. The number of hydrogen-bond acceptors (Lipinski definition) is 2. The highest BCUT2D eigenvalue weighted by molar-refractivity contribution is 14.1. The number of hydrogen-bond donors (Lipinski definition) is 0. The molecule has 0 aliphatic rings. The van der Waals surface area contributed by atoms with E-state index >= 15 is 0 Å². The van der Waals surface area contributed by atoms with Gasteiger partial charge >= 0.3 is 0 Å². The second kappa shape index (κ2) is 4.98. The maximum absolute atomic E-state index is 12.6. The molecule has 1 aromatic heterocycles. The third kappa shape index (κ3) is 2.20. The zero-order valence-electron chi connectivity index (χ0n) is 6.77. The summed E-state index contributed by atoms with van der Waals surface area (Å²) >= 11 is 4.85. The van der Waals surface area contributed by atoms with E-state index in [-0.39, 0.29) is 16.5 Å². The first-order valence-electron chi connectivity index (χ1n) is 3.53. The normalized spacial score (nSPS) is 10.3. The van der Waals surface area contributed by atoms with Crippen molar-refractivity contribution < 1.29 is 8.78 Å². The average molecular weight is 373 g/mol. The van der Waals surface area contributed by atoms with Crippen molar-refractivity contribution in [3.05, 3.63) is 26.6 Å². The first kappa shape index (κ1) is 11.8. The molecule has 1 aromatic rings. The van der Waals surface area contributed by atoms with Gasteiger partial charge in [-0.1, -0.05) is 15.9 Å². The zero-order valence-corrected chi connectivity index (χ0v) is 10.5. The highest BCUT2D eigenvalue weighted by atomic mass is 127. The van der Waals surface area contributed by atoms with E-state index in [9.17, 15) is 8.78 Å². The Morgan fingerprint density at radius 2 is 2.29 bits per heavy atom. The van der Waals surface area contributed by atoms with Gasteiger partial charge in [0.15, 0.2) is 0 Å². The van der Waals surface area contributed by atoms with Crippen LogP contribution in [-0.4, -0.2) is 4.98 Å². The van der Waals surface area contributed by atoms with Crippen LogP contribution in [0.5, 0.6) is 0 Å². The molecule has 6 heteroatoms. The molecular formula is C8H4BrF2IN2. The SMILES string of the molecule is N#Cc1c(I)ncc(CBr)c1C(F)F. The standard InChI is InChI=1S/C8H4BrF2IN2/c9-1-4-3-14-8(12)5(2-13)6(4)7(10)11/h3,7H,1H2. The molecule has 2 nitrogen and oxygen atoms in total. The van der Waals surface area contributed by atoms with Gasteiger partial charge in [0.25, 0.3) is 6.43 Å². The van der Waals surface area contributed by atoms with Gasteiger partial charge in [0, 0.05) is 17.1 Å². The summed E-state index contributed by atoms with van der Waals surface area (Å²) in [5.41, 5.74) is 0.110. The summed E-state index contributed by atoms with van der Waals surface area (Å²) in [6.07, 6.45) is -1.28. The molecule has 0 aromatic carbocycles. The Bertz CT molecular complexity index is 390. The topological polar surface area (TPSA) is 36.7 Å². The van der Waals surface area contributed by atoms with Crippen molar-refractivity contribution in [2.24, 2.45) is 0 Å². The molecule has 0 bridgehead atoms. The summed E-state index contributed by atoms with van der Waals surface area (Å²) in [5.74, 6) is 0. The van der Waals surface area contributed by atoms with E-state index in [1.54, 1.807) is 28.7 Å². The molecule has 0 aliphatic carbocycles. The molecule has 0 radical (unpaired) electrons. The lowest BCUT2D eigenvalue weighted by molar-refractivity contribution is 0.150. The van der Waals surface area contributed by atoms with Gasteiger partial charge in [-0.2, -0.15) is 5.26 Å². The number of pyridine rings is 1. The third-order valence-electron chi connectivity index (χ3n) is 1.63. The van der Waals surface area contributed by atoms with Gasteiger partial charge in [0.1, 0.15) is 9.77 Å². The summed E-state index contributed by atoms with van der Waals surface area (Å²) in [5, 5.41) is 8.99. The van der Waals surface area contributed by atoms with Crippen LogP contribution >= 0.6 is 38.5 Å². The molecule has 14 heavy (non-hydrogen) atoms. The molecule has 0 saturated heterocycles. The molecule has 0 atom stereocenters. The summed E-state index contributed by atoms with van der Waals surface area (Å²) in [6, 6.07) is 1.75. The Balaban J connectivity index is 3.46. The maximum atomic E-state index is 12.6. The van der Waals surface area contributed by atoms with Crippen molar-refractivity contribution in [3.63, 3.8) is 0 Å². The highest BCUT2D eigenvalue weighted by Crippen LogP contribution is 2.29. The number of nitriles is 1. The van der Waals surface area contributed by atoms with Crippen LogP contribution in [0.2, 0.25) is 0 Å². The fraction of sp³-hybridized carbons (Fsp3) is 0.250. The highest BCUT2D eigenvalue weighted by Gasteiger charge is 2.20. The van der Waals surface area contributed by atoms with Crippen LogP contribution in [0.3, 0.4) is 0 Å². The molecule has 1 heterocycles. The number of aromatic nitrogens is 1. The fourth-order valence-corrected chi connectivity index (χ4v) is 2.00. The molecule has 0 saturated carbocycles. The van der Waals surface area contributed by atoms with Crippen molar-refractivity contribution in [1.82, 2.24) is 4.98 Å².